The van der Waals surface area contributed by atoms with Gasteiger partial charge >= 0.3 is 0 Å². The standard InChI is InChI=1S/C21H30N2O6S/c1-27-17-5-7-18(8-6-17)30(25,26)22-12-9-16(10-13-22)20(24)23-11-3-2-4-19(23)21-28-14-15-29-21/h5-8,16,19,21H,2-4,9-15H2,1H3. The Morgan fingerprint density at radius 1 is 1.00 bits per heavy atom. The molecule has 9 heteroatoms. The molecule has 1 aromatic carbocycles. The maximum Gasteiger partial charge on any atom is 0.243 e. The van der Waals surface area contributed by atoms with E-state index in [0.717, 1.165) is 25.8 Å². The number of benzene rings is 1. The van der Waals surface area contributed by atoms with Gasteiger partial charge in [0, 0.05) is 25.6 Å². The quantitative estimate of drug-likeness (QED) is 0.698. The minimum absolute atomic E-state index is 0.0326. The van der Waals surface area contributed by atoms with Crippen molar-refractivity contribution in [3.05, 3.63) is 24.3 Å². The first-order chi connectivity index (χ1) is 14.5. The van der Waals surface area contributed by atoms with Gasteiger partial charge in [0.1, 0.15) is 5.75 Å². The van der Waals surface area contributed by atoms with Crippen molar-refractivity contribution in [2.75, 3.05) is 40.0 Å². The predicted molar refractivity (Wildman–Crippen MR) is 110 cm³/mol. The largest absolute Gasteiger partial charge is 0.497 e. The number of rotatable bonds is 5. The monoisotopic (exact) mass is 438 g/mol. The smallest absolute Gasteiger partial charge is 0.243 e. The van der Waals surface area contributed by atoms with E-state index in [9.17, 15) is 13.2 Å². The van der Waals surface area contributed by atoms with E-state index in [1.165, 1.54) is 4.31 Å². The van der Waals surface area contributed by atoms with Gasteiger partial charge in [0.05, 0.1) is 31.3 Å². The SMILES string of the molecule is COc1ccc(S(=O)(=O)N2CCC(C(=O)N3CCCCC3C3OCCO3)CC2)cc1. The summed E-state index contributed by atoms with van der Waals surface area (Å²) in [7, 11) is -2.03. The first-order valence-electron chi connectivity index (χ1n) is 10.7. The summed E-state index contributed by atoms with van der Waals surface area (Å²) in [5.41, 5.74) is 0. The van der Waals surface area contributed by atoms with E-state index in [-0.39, 0.29) is 29.1 Å². The molecule has 3 aliphatic rings. The number of ether oxygens (including phenoxy) is 3. The first-order valence-corrected chi connectivity index (χ1v) is 12.1. The summed E-state index contributed by atoms with van der Waals surface area (Å²) >= 11 is 0. The topological polar surface area (TPSA) is 85.4 Å². The van der Waals surface area contributed by atoms with E-state index in [1.54, 1.807) is 31.4 Å². The van der Waals surface area contributed by atoms with Crippen LogP contribution in [0.1, 0.15) is 32.1 Å². The molecule has 1 aromatic rings. The summed E-state index contributed by atoms with van der Waals surface area (Å²) < 4.78 is 43.8. The highest BCUT2D eigenvalue weighted by atomic mass is 32.2. The van der Waals surface area contributed by atoms with Crippen molar-refractivity contribution in [3.63, 3.8) is 0 Å². The highest BCUT2D eigenvalue weighted by Gasteiger charge is 2.40. The molecule has 4 rings (SSSR count). The van der Waals surface area contributed by atoms with Crippen molar-refractivity contribution < 1.29 is 27.4 Å². The fraction of sp³-hybridized carbons (Fsp3) is 0.667. The van der Waals surface area contributed by atoms with Crippen LogP contribution in [0.4, 0.5) is 0 Å². The van der Waals surface area contributed by atoms with Crippen LogP contribution in [0.15, 0.2) is 29.2 Å². The summed E-state index contributed by atoms with van der Waals surface area (Å²) in [6.07, 6.45) is 3.68. The second-order valence-corrected chi connectivity index (χ2v) is 10.00. The van der Waals surface area contributed by atoms with Gasteiger partial charge in [-0.05, 0) is 56.4 Å². The lowest BCUT2D eigenvalue weighted by molar-refractivity contribution is -0.155. The Bertz CT molecular complexity index is 830. The molecule has 0 bridgehead atoms. The molecule has 1 atom stereocenters. The number of methoxy groups -OCH3 is 1. The van der Waals surface area contributed by atoms with Crippen molar-refractivity contribution in [1.82, 2.24) is 9.21 Å². The van der Waals surface area contributed by atoms with E-state index in [0.29, 0.717) is 44.9 Å². The van der Waals surface area contributed by atoms with Gasteiger partial charge in [-0.15, -0.1) is 0 Å². The number of hydrogen-bond donors (Lipinski definition) is 0. The Morgan fingerprint density at radius 2 is 1.67 bits per heavy atom. The van der Waals surface area contributed by atoms with Crippen LogP contribution in [0.3, 0.4) is 0 Å². The van der Waals surface area contributed by atoms with Crippen molar-refractivity contribution in [1.29, 1.82) is 0 Å². The third kappa shape index (κ3) is 4.34. The number of carbonyl (C=O) groups is 1. The van der Waals surface area contributed by atoms with Gasteiger partial charge in [-0.2, -0.15) is 4.31 Å². The van der Waals surface area contributed by atoms with E-state index in [2.05, 4.69) is 0 Å². The van der Waals surface area contributed by atoms with Crippen molar-refractivity contribution in [3.8, 4) is 5.75 Å². The van der Waals surface area contributed by atoms with Crippen LogP contribution >= 0.6 is 0 Å². The number of nitrogens with zero attached hydrogens (tertiary/aromatic N) is 2. The van der Waals surface area contributed by atoms with E-state index < -0.39 is 10.0 Å². The minimum Gasteiger partial charge on any atom is -0.497 e. The number of hydrogen-bond acceptors (Lipinski definition) is 6. The third-order valence-corrected chi connectivity index (χ3v) is 8.21. The lowest BCUT2D eigenvalue weighted by Gasteiger charge is -2.41. The highest BCUT2D eigenvalue weighted by molar-refractivity contribution is 7.89. The Hall–Kier alpha value is -1.68. The molecule has 3 fully saturated rings. The predicted octanol–water partition coefficient (Wildman–Crippen LogP) is 1.85. The van der Waals surface area contributed by atoms with Crippen molar-refractivity contribution >= 4 is 15.9 Å². The van der Waals surface area contributed by atoms with E-state index in [4.69, 9.17) is 14.2 Å². The number of carbonyl (C=O) groups excluding carboxylic acids is 1. The fourth-order valence-corrected chi connectivity index (χ4v) is 6.06. The van der Waals surface area contributed by atoms with Crippen LogP contribution in [-0.4, -0.2) is 75.8 Å². The summed E-state index contributed by atoms with van der Waals surface area (Å²) in [5.74, 6) is 0.569. The zero-order valence-electron chi connectivity index (χ0n) is 17.4. The molecule has 3 saturated heterocycles. The van der Waals surface area contributed by atoms with E-state index in [1.807, 2.05) is 4.90 Å². The second kappa shape index (κ2) is 9.21. The van der Waals surface area contributed by atoms with Gasteiger partial charge in [0.25, 0.3) is 0 Å². The Balaban J connectivity index is 1.38. The van der Waals surface area contributed by atoms with Gasteiger partial charge in [-0.3, -0.25) is 4.79 Å². The van der Waals surface area contributed by atoms with Crippen molar-refractivity contribution in [2.45, 2.75) is 49.3 Å². The molecule has 3 heterocycles. The van der Waals surface area contributed by atoms with Crippen LogP contribution in [0.25, 0.3) is 0 Å². The molecule has 0 aliphatic carbocycles. The van der Waals surface area contributed by atoms with E-state index >= 15 is 0 Å². The average molecular weight is 439 g/mol. The molecule has 0 radical (unpaired) electrons. The number of amides is 1. The molecule has 0 aromatic heterocycles. The third-order valence-electron chi connectivity index (χ3n) is 6.29. The summed E-state index contributed by atoms with van der Waals surface area (Å²) in [4.78, 5) is 15.4. The molecule has 3 aliphatic heterocycles. The summed E-state index contributed by atoms with van der Waals surface area (Å²) in [5, 5.41) is 0. The van der Waals surface area contributed by atoms with Gasteiger partial charge < -0.3 is 19.1 Å². The summed E-state index contributed by atoms with van der Waals surface area (Å²) in [6.45, 7) is 2.56. The van der Waals surface area contributed by atoms with Crippen LogP contribution in [0.2, 0.25) is 0 Å². The van der Waals surface area contributed by atoms with Crippen LogP contribution in [0, 0.1) is 5.92 Å². The maximum absolute atomic E-state index is 13.3. The first kappa shape index (κ1) is 21.5. The molecular weight excluding hydrogens is 408 g/mol. The van der Waals surface area contributed by atoms with Crippen LogP contribution < -0.4 is 4.74 Å². The minimum atomic E-state index is -3.57. The van der Waals surface area contributed by atoms with Gasteiger partial charge in [0.15, 0.2) is 6.29 Å². The number of sulfonamides is 1. The molecule has 30 heavy (non-hydrogen) atoms. The molecule has 0 N–H and O–H groups in total. The van der Waals surface area contributed by atoms with Crippen molar-refractivity contribution in [2.24, 2.45) is 5.92 Å². The lowest BCUT2D eigenvalue weighted by Crippen LogP contribution is -2.53. The molecule has 8 nitrogen and oxygen atoms in total. The number of likely N-dealkylation sites (tertiary alicyclic amines) is 1. The van der Waals surface area contributed by atoms with Gasteiger partial charge in [-0.1, -0.05) is 0 Å². The summed E-state index contributed by atoms with van der Waals surface area (Å²) in [6, 6.07) is 6.38. The van der Waals surface area contributed by atoms with Gasteiger partial charge in [0.2, 0.25) is 15.9 Å². The Morgan fingerprint density at radius 3 is 2.30 bits per heavy atom. The molecular formula is C21H30N2O6S. The zero-order valence-corrected chi connectivity index (χ0v) is 18.2. The molecule has 1 unspecified atom stereocenters. The van der Waals surface area contributed by atoms with Crippen LogP contribution in [-0.2, 0) is 24.3 Å². The highest BCUT2D eigenvalue weighted by Crippen LogP contribution is 2.30. The average Bonchev–Trinajstić information content (AvgIpc) is 3.33. The van der Waals surface area contributed by atoms with Gasteiger partial charge in [-0.25, -0.2) is 8.42 Å². The normalized spacial score (nSPS) is 24.8. The number of piperidine rings is 2. The molecule has 1 amide bonds. The Labute approximate surface area is 178 Å². The lowest BCUT2D eigenvalue weighted by atomic mass is 9.93. The molecule has 0 saturated carbocycles. The fourth-order valence-electron chi connectivity index (χ4n) is 4.59. The molecule has 0 spiro atoms. The zero-order chi connectivity index (χ0) is 21.1. The maximum atomic E-state index is 13.3. The Kier molecular flexibility index (Phi) is 6.62. The second-order valence-electron chi connectivity index (χ2n) is 8.06. The van der Waals surface area contributed by atoms with Crippen LogP contribution in [0.5, 0.6) is 5.75 Å². The molecule has 166 valence electrons.